The molecule has 0 amide bonds. The van der Waals surface area contributed by atoms with Crippen LogP contribution in [0.2, 0.25) is 0 Å². The van der Waals surface area contributed by atoms with Crippen molar-refractivity contribution in [2.45, 2.75) is 12.5 Å². The third-order valence-electron chi connectivity index (χ3n) is 4.61. The minimum atomic E-state index is 0. The Balaban J connectivity index is 0.00000192. The van der Waals surface area contributed by atoms with Crippen LogP contribution in [0.4, 0.5) is 0 Å². The first-order valence-electron chi connectivity index (χ1n) is 7.90. The molecule has 0 unspecified atom stereocenters. The Kier molecular flexibility index (Phi) is 6.46. The smallest absolute Gasteiger partial charge is 0.118 e. The molecule has 1 aliphatic rings. The molecular formula is C19H25ClN2O. The highest BCUT2D eigenvalue weighted by molar-refractivity contribution is 5.85. The van der Waals surface area contributed by atoms with Gasteiger partial charge in [0.15, 0.2) is 0 Å². The number of methoxy groups -OCH3 is 1. The lowest BCUT2D eigenvalue weighted by Crippen LogP contribution is -2.23. The van der Waals surface area contributed by atoms with Crippen molar-refractivity contribution in [2.24, 2.45) is 11.7 Å². The van der Waals surface area contributed by atoms with Crippen molar-refractivity contribution in [1.29, 1.82) is 0 Å². The Morgan fingerprint density at radius 3 is 2.35 bits per heavy atom. The van der Waals surface area contributed by atoms with Crippen molar-refractivity contribution in [3.05, 3.63) is 65.7 Å². The van der Waals surface area contributed by atoms with Gasteiger partial charge in [-0.25, -0.2) is 0 Å². The minimum Gasteiger partial charge on any atom is -0.497 e. The first-order valence-corrected chi connectivity index (χ1v) is 7.90. The number of likely N-dealkylation sites (tertiary alicyclic amines) is 1. The molecule has 0 bridgehead atoms. The van der Waals surface area contributed by atoms with E-state index in [4.69, 9.17) is 10.5 Å². The van der Waals surface area contributed by atoms with Crippen LogP contribution in [0.1, 0.15) is 17.0 Å². The van der Waals surface area contributed by atoms with Crippen LogP contribution in [0.3, 0.4) is 0 Å². The van der Waals surface area contributed by atoms with Crippen LogP contribution in [0.5, 0.6) is 5.75 Å². The fraction of sp³-hybridized carbons (Fsp3) is 0.368. The Labute approximate surface area is 144 Å². The highest BCUT2D eigenvalue weighted by atomic mass is 35.5. The fourth-order valence-corrected chi connectivity index (χ4v) is 3.40. The monoisotopic (exact) mass is 332 g/mol. The van der Waals surface area contributed by atoms with Crippen molar-refractivity contribution in [3.8, 4) is 5.75 Å². The Bertz CT molecular complexity index is 588. The second-order valence-electron chi connectivity index (χ2n) is 6.06. The first kappa shape index (κ1) is 17.8. The fourth-order valence-electron chi connectivity index (χ4n) is 3.40. The van der Waals surface area contributed by atoms with E-state index < -0.39 is 0 Å². The van der Waals surface area contributed by atoms with E-state index in [1.807, 2.05) is 12.1 Å². The molecule has 3 rings (SSSR count). The predicted octanol–water partition coefficient (Wildman–Crippen LogP) is 3.29. The van der Waals surface area contributed by atoms with Crippen LogP contribution in [0.15, 0.2) is 54.6 Å². The lowest BCUT2D eigenvalue weighted by Gasteiger charge is -2.17. The average molecular weight is 333 g/mol. The van der Waals surface area contributed by atoms with E-state index in [9.17, 15) is 0 Å². The Morgan fingerprint density at radius 2 is 1.74 bits per heavy atom. The van der Waals surface area contributed by atoms with E-state index in [-0.39, 0.29) is 12.4 Å². The van der Waals surface area contributed by atoms with E-state index in [2.05, 4.69) is 47.4 Å². The van der Waals surface area contributed by atoms with Gasteiger partial charge < -0.3 is 10.5 Å². The highest BCUT2D eigenvalue weighted by Crippen LogP contribution is 2.32. The van der Waals surface area contributed by atoms with E-state index >= 15 is 0 Å². The highest BCUT2D eigenvalue weighted by Gasteiger charge is 2.32. The van der Waals surface area contributed by atoms with Gasteiger partial charge >= 0.3 is 0 Å². The van der Waals surface area contributed by atoms with Gasteiger partial charge in [-0.05, 0) is 35.7 Å². The van der Waals surface area contributed by atoms with E-state index in [1.165, 1.54) is 11.1 Å². The van der Waals surface area contributed by atoms with Crippen LogP contribution >= 0.6 is 12.4 Å². The maximum atomic E-state index is 6.01. The number of benzene rings is 2. The maximum Gasteiger partial charge on any atom is 0.118 e. The van der Waals surface area contributed by atoms with Crippen LogP contribution in [0, 0.1) is 5.92 Å². The van der Waals surface area contributed by atoms with Crippen molar-refractivity contribution in [1.82, 2.24) is 4.90 Å². The maximum absolute atomic E-state index is 6.01. The number of halogens is 1. The zero-order valence-corrected chi connectivity index (χ0v) is 14.3. The van der Waals surface area contributed by atoms with Gasteiger partial charge in [-0.1, -0.05) is 42.5 Å². The summed E-state index contributed by atoms with van der Waals surface area (Å²) in [6, 6.07) is 19.1. The van der Waals surface area contributed by atoms with Gasteiger partial charge in [0, 0.05) is 25.6 Å². The molecule has 0 radical (unpaired) electrons. The van der Waals surface area contributed by atoms with Crippen molar-refractivity contribution in [2.75, 3.05) is 26.7 Å². The number of nitrogens with zero attached hydrogens (tertiary/aromatic N) is 1. The number of ether oxygens (including phenoxy) is 1. The first-order chi connectivity index (χ1) is 10.8. The molecule has 124 valence electrons. The summed E-state index contributed by atoms with van der Waals surface area (Å²) < 4.78 is 5.22. The van der Waals surface area contributed by atoms with Crippen molar-refractivity contribution < 1.29 is 4.74 Å². The third-order valence-corrected chi connectivity index (χ3v) is 4.61. The van der Waals surface area contributed by atoms with Gasteiger partial charge in [-0.3, -0.25) is 4.90 Å². The second-order valence-corrected chi connectivity index (χ2v) is 6.06. The molecule has 1 fully saturated rings. The molecule has 0 spiro atoms. The number of hydrogen-bond acceptors (Lipinski definition) is 3. The average Bonchev–Trinajstić information content (AvgIpc) is 2.99. The summed E-state index contributed by atoms with van der Waals surface area (Å²) in [6.07, 6.45) is 0. The van der Waals surface area contributed by atoms with Gasteiger partial charge in [0.2, 0.25) is 0 Å². The molecule has 1 saturated heterocycles. The van der Waals surface area contributed by atoms with Gasteiger partial charge in [0.05, 0.1) is 7.11 Å². The Hall–Kier alpha value is -1.55. The summed E-state index contributed by atoms with van der Waals surface area (Å²) in [4.78, 5) is 2.51. The number of rotatable bonds is 5. The molecule has 0 aliphatic carbocycles. The molecular weight excluding hydrogens is 308 g/mol. The molecule has 0 aromatic heterocycles. The molecule has 2 aromatic carbocycles. The van der Waals surface area contributed by atoms with Gasteiger partial charge in [0.1, 0.15) is 5.75 Å². The third kappa shape index (κ3) is 4.25. The van der Waals surface area contributed by atoms with Gasteiger partial charge in [0.25, 0.3) is 0 Å². The molecule has 4 heteroatoms. The molecule has 2 N–H and O–H groups in total. The molecule has 0 saturated carbocycles. The molecule has 23 heavy (non-hydrogen) atoms. The van der Waals surface area contributed by atoms with Crippen molar-refractivity contribution >= 4 is 12.4 Å². The topological polar surface area (TPSA) is 38.5 Å². The lowest BCUT2D eigenvalue weighted by molar-refractivity contribution is 0.316. The normalized spacial score (nSPS) is 21.0. The SMILES string of the molecule is COc1ccc(CN2C[C@@H](CN)[C@H](c3ccccc3)C2)cc1.Cl. The summed E-state index contributed by atoms with van der Waals surface area (Å²) in [5.74, 6) is 2.00. The Morgan fingerprint density at radius 1 is 1.04 bits per heavy atom. The van der Waals surface area contributed by atoms with Gasteiger partial charge in [-0.15, -0.1) is 12.4 Å². The summed E-state index contributed by atoms with van der Waals surface area (Å²) in [7, 11) is 1.70. The zero-order chi connectivity index (χ0) is 15.4. The number of nitrogens with two attached hydrogens (primary N) is 1. The van der Waals surface area contributed by atoms with Crippen LogP contribution in [-0.4, -0.2) is 31.6 Å². The van der Waals surface area contributed by atoms with E-state index in [0.717, 1.165) is 31.9 Å². The predicted molar refractivity (Wildman–Crippen MR) is 97.2 cm³/mol. The summed E-state index contributed by atoms with van der Waals surface area (Å²) in [5.41, 5.74) is 8.75. The summed E-state index contributed by atoms with van der Waals surface area (Å²) in [5, 5.41) is 0. The van der Waals surface area contributed by atoms with Crippen LogP contribution in [0.25, 0.3) is 0 Å². The summed E-state index contributed by atoms with van der Waals surface area (Å²) >= 11 is 0. The summed E-state index contributed by atoms with van der Waals surface area (Å²) in [6.45, 7) is 3.88. The van der Waals surface area contributed by atoms with E-state index in [0.29, 0.717) is 11.8 Å². The standard InChI is InChI=1S/C19H24N2O.ClH/c1-22-18-9-7-15(8-10-18)12-21-13-17(11-20)19(14-21)16-5-3-2-4-6-16;/h2-10,17,19H,11-14,20H2,1H3;1H/t17-,19+;/m1./s1. The largest absolute Gasteiger partial charge is 0.497 e. The molecule has 3 nitrogen and oxygen atoms in total. The number of hydrogen-bond donors (Lipinski definition) is 1. The minimum absolute atomic E-state index is 0. The lowest BCUT2D eigenvalue weighted by atomic mass is 9.89. The quantitative estimate of drug-likeness (QED) is 0.913. The van der Waals surface area contributed by atoms with Gasteiger partial charge in [-0.2, -0.15) is 0 Å². The zero-order valence-electron chi connectivity index (χ0n) is 13.5. The van der Waals surface area contributed by atoms with Crippen LogP contribution in [-0.2, 0) is 6.54 Å². The molecule has 2 atom stereocenters. The molecule has 1 aliphatic heterocycles. The van der Waals surface area contributed by atoms with E-state index in [1.54, 1.807) is 7.11 Å². The second kappa shape index (κ2) is 8.34. The van der Waals surface area contributed by atoms with Crippen molar-refractivity contribution in [3.63, 3.8) is 0 Å². The van der Waals surface area contributed by atoms with Crippen LogP contribution < -0.4 is 10.5 Å². The molecule has 1 heterocycles. The molecule has 2 aromatic rings.